The Bertz CT molecular complexity index is 198. The van der Waals surface area contributed by atoms with E-state index in [1.807, 2.05) is 18.7 Å². The van der Waals surface area contributed by atoms with E-state index < -0.39 is 5.54 Å². The molecule has 0 aliphatic carbocycles. The van der Waals surface area contributed by atoms with Crippen LogP contribution >= 0.6 is 0 Å². The van der Waals surface area contributed by atoms with Gasteiger partial charge in [0.1, 0.15) is 0 Å². The lowest BCUT2D eigenvalue weighted by molar-refractivity contribution is 0.152. The summed E-state index contributed by atoms with van der Waals surface area (Å²) < 4.78 is 0. The number of hydrogen-bond donors (Lipinski definition) is 2. The van der Waals surface area contributed by atoms with Gasteiger partial charge in [-0.3, -0.25) is 0 Å². The van der Waals surface area contributed by atoms with Gasteiger partial charge in [-0.2, -0.15) is 0 Å². The summed E-state index contributed by atoms with van der Waals surface area (Å²) >= 11 is 0. The van der Waals surface area contributed by atoms with E-state index in [1.54, 1.807) is 0 Å². The maximum absolute atomic E-state index is 11.7. The van der Waals surface area contributed by atoms with Gasteiger partial charge in [0, 0.05) is 13.1 Å². The highest BCUT2D eigenvalue weighted by Crippen LogP contribution is 2.10. The van der Waals surface area contributed by atoms with E-state index in [4.69, 9.17) is 5.11 Å². The standard InChI is InChI=1S/C10H20N2O2/c1-10(2,8-13)11-9(14)12-6-4-3-5-7-12/h13H,3-8H2,1-2H3,(H,11,14). The van der Waals surface area contributed by atoms with Crippen molar-refractivity contribution < 1.29 is 9.90 Å². The zero-order chi connectivity index (χ0) is 10.6. The monoisotopic (exact) mass is 200 g/mol. The molecule has 1 fully saturated rings. The highest BCUT2D eigenvalue weighted by atomic mass is 16.3. The van der Waals surface area contributed by atoms with Crippen LogP contribution in [0.5, 0.6) is 0 Å². The maximum atomic E-state index is 11.7. The van der Waals surface area contributed by atoms with Crippen LogP contribution in [0.25, 0.3) is 0 Å². The molecule has 0 radical (unpaired) electrons. The van der Waals surface area contributed by atoms with Crippen molar-refractivity contribution in [2.75, 3.05) is 19.7 Å². The summed E-state index contributed by atoms with van der Waals surface area (Å²) in [6.45, 7) is 5.27. The summed E-state index contributed by atoms with van der Waals surface area (Å²) in [6, 6.07) is -0.0521. The van der Waals surface area contributed by atoms with Crippen LogP contribution in [0.4, 0.5) is 4.79 Å². The van der Waals surface area contributed by atoms with Gasteiger partial charge in [0.25, 0.3) is 0 Å². The molecule has 0 aromatic heterocycles. The van der Waals surface area contributed by atoms with Gasteiger partial charge < -0.3 is 15.3 Å². The van der Waals surface area contributed by atoms with Crippen LogP contribution in [0.15, 0.2) is 0 Å². The molecule has 1 rings (SSSR count). The van der Waals surface area contributed by atoms with E-state index >= 15 is 0 Å². The fraction of sp³-hybridized carbons (Fsp3) is 0.900. The van der Waals surface area contributed by atoms with Crippen molar-refractivity contribution in [3.8, 4) is 0 Å². The molecule has 0 spiro atoms. The van der Waals surface area contributed by atoms with E-state index in [0.717, 1.165) is 25.9 Å². The third-order valence-corrected chi connectivity index (χ3v) is 2.48. The second-order valence-corrected chi connectivity index (χ2v) is 4.52. The average Bonchev–Trinajstić information content (AvgIpc) is 2.19. The first kappa shape index (κ1) is 11.3. The minimum Gasteiger partial charge on any atom is -0.394 e. The quantitative estimate of drug-likeness (QED) is 0.697. The average molecular weight is 200 g/mol. The van der Waals surface area contributed by atoms with Gasteiger partial charge in [-0.1, -0.05) is 0 Å². The first-order valence-corrected chi connectivity index (χ1v) is 5.23. The molecule has 14 heavy (non-hydrogen) atoms. The molecule has 1 saturated heterocycles. The molecule has 1 aliphatic heterocycles. The molecular weight excluding hydrogens is 180 g/mol. The normalized spacial score (nSPS) is 18.1. The van der Waals surface area contributed by atoms with Crippen LogP contribution < -0.4 is 5.32 Å². The minimum atomic E-state index is -0.519. The summed E-state index contributed by atoms with van der Waals surface area (Å²) in [5.41, 5.74) is -0.519. The predicted octanol–water partition coefficient (Wildman–Crippen LogP) is 0.953. The molecule has 0 aromatic carbocycles. The number of piperidine rings is 1. The Kier molecular flexibility index (Phi) is 3.75. The first-order chi connectivity index (χ1) is 6.55. The molecular formula is C10H20N2O2. The van der Waals surface area contributed by atoms with Gasteiger partial charge in [-0.25, -0.2) is 4.79 Å². The molecule has 2 N–H and O–H groups in total. The van der Waals surface area contributed by atoms with Crippen LogP contribution in [-0.4, -0.2) is 41.3 Å². The number of aliphatic hydroxyl groups is 1. The molecule has 4 heteroatoms. The lowest BCUT2D eigenvalue weighted by atomic mass is 10.1. The Balaban J connectivity index is 2.40. The van der Waals surface area contributed by atoms with Gasteiger partial charge in [0.15, 0.2) is 0 Å². The second kappa shape index (κ2) is 4.64. The van der Waals surface area contributed by atoms with E-state index in [0.29, 0.717) is 0 Å². The molecule has 0 bridgehead atoms. The lowest BCUT2D eigenvalue weighted by Gasteiger charge is -2.31. The Morgan fingerprint density at radius 1 is 1.36 bits per heavy atom. The van der Waals surface area contributed by atoms with Crippen LogP contribution in [0.3, 0.4) is 0 Å². The molecule has 0 atom stereocenters. The predicted molar refractivity (Wildman–Crippen MR) is 55.1 cm³/mol. The van der Waals surface area contributed by atoms with E-state index in [2.05, 4.69) is 5.32 Å². The topological polar surface area (TPSA) is 52.6 Å². The van der Waals surface area contributed by atoms with Crippen molar-refractivity contribution in [1.82, 2.24) is 10.2 Å². The minimum absolute atomic E-state index is 0.0351. The van der Waals surface area contributed by atoms with Crippen LogP contribution in [0.2, 0.25) is 0 Å². The largest absolute Gasteiger partial charge is 0.394 e. The fourth-order valence-corrected chi connectivity index (χ4v) is 1.51. The summed E-state index contributed by atoms with van der Waals surface area (Å²) in [5.74, 6) is 0. The molecule has 1 aliphatic rings. The van der Waals surface area contributed by atoms with E-state index in [9.17, 15) is 4.79 Å². The number of carbonyl (C=O) groups excluding carboxylic acids is 1. The van der Waals surface area contributed by atoms with Crippen molar-refractivity contribution in [3.63, 3.8) is 0 Å². The third kappa shape index (κ3) is 3.18. The van der Waals surface area contributed by atoms with Crippen molar-refractivity contribution >= 4 is 6.03 Å². The molecule has 0 saturated carbocycles. The van der Waals surface area contributed by atoms with Crippen molar-refractivity contribution in [2.45, 2.75) is 38.6 Å². The number of hydrogen-bond acceptors (Lipinski definition) is 2. The van der Waals surface area contributed by atoms with E-state index in [1.165, 1.54) is 6.42 Å². The van der Waals surface area contributed by atoms with Crippen LogP contribution in [0.1, 0.15) is 33.1 Å². The number of carbonyl (C=O) groups is 1. The molecule has 0 unspecified atom stereocenters. The molecule has 1 heterocycles. The van der Waals surface area contributed by atoms with Crippen LogP contribution in [0, 0.1) is 0 Å². The van der Waals surface area contributed by atoms with Gasteiger partial charge >= 0.3 is 6.03 Å². The first-order valence-electron chi connectivity index (χ1n) is 5.23. The lowest BCUT2D eigenvalue weighted by Crippen LogP contribution is -2.52. The van der Waals surface area contributed by atoms with Crippen LogP contribution in [-0.2, 0) is 0 Å². The van der Waals surface area contributed by atoms with Crippen molar-refractivity contribution in [3.05, 3.63) is 0 Å². The summed E-state index contributed by atoms with van der Waals surface area (Å²) in [6.07, 6.45) is 3.40. The Morgan fingerprint density at radius 2 is 1.93 bits per heavy atom. The Hall–Kier alpha value is -0.770. The highest BCUT2D eigenvalue weighted by molar-refractivity contribution is 5.75. The molecule has 82 valence electrons. The number of amides is 2. The number of likely N-dealkylation sites (tertiary alicyclic amines) is 1. The smallest absolute Gasteiger partial charge is 0.317 e. The van der Waals surface area contributed by atoms with Crippen molar-refractivity contribution in [1.29, 1.82) is 0 Å². The summed E-state index contributed by atoms with van der Waals surface area (Å²) in [7, 11) is 0. The van der Waals surface area contributed by atoms with Gasteiger partial charge in [0.05, 0.1) is 12.1 Å². The second-order valence-electron chi connectivity index (χ2n) is 4.52. The molecule has 2 amide bonds. The number of urea groups is 1. The van der Waals surface area contributed by atoms with Crippen molar-refractivity contribution in [2.24, 2.45) is 0 Å². The number of nitrogens with zero attached hydrogens (tertiary/aromatic N) is 1. The maximum Gasteiger partial charge on any atom is 0.317 e. The zero-order valence-corrected chi connectivity index (χ0v) is 9.05. The number of aliphatic hydroxyl groups excluding tert-OH is 1. The number of nitrogens with one attached hydrogen (secondary N) is 1. The van der Waals surface area contributed by atoms with Gasteiger partial charge in [-0.15, -0.1) is 0 Å². The third-order valence-electron chi connectivity index (χ3n) is 2.48. The highest BCUT2D eigenvalue weighted by Gasteiger charge is 2.23. The molecule has 4 nitrogen and oxygen atoms in total. The Morgan fingerprint density at radius 3 is 2.43 bits per heavy atom. The SMILES string of the molecule is CC(C)(CO)NC(=O)N1CCCCC1. The Labute approximate surface area is 85.3 Å². The summed E-state index contributed by atoms with van der Waals surface area (Å²) in [4.78, 5) is 13.5. The fourth-order valence-electron chi connectivity index (χ4n) is 1.51. The van der Waals surface area contributed by atoms with Gasteiger partial charge in [0.2, 0.25) is 0 Å². The zero-order valence-electron chi connectivity index (χ0n) is 9.05. The van der Waals surface area contributed by atoms with E-state index in [-0.39, 0.29) is 12.6 Å². The van der Waals surface area contributed by atoms with Gasteiger partial charge in [-0.05, 0) is 33.1 Å². The molecule has 0 aromatic rings. The number of rotatable bonds is 2. The summed E-state index contributed by atoms with van der Waals surface area (Å²) in [5, 5.41) is 11.8.